The Morgan fingerprint density at radius 3 is 2.88 bits per heavy atom. The lowest BCUT2D eigenvalue weighted by Crippen LogP contribution is -2.03. The van der Waals surface area contributed by atoms with Gasteiger partial charge in [-0.25, -0.2) is 8.42 Å². The van der Waals surface area contributed by atoms with Gasteiger partial charge in [0.1, 0.15) is 0 Å². The molecule has 0 aromatic heterocycles. The molecule has 1 unspecified atom stereocenters. The molecule has 16 heavy (non-hydrogen) atoms. The molecule has 0 saturated heterocycles. The molecule has 1 heterocycles. The van der Waals surface area contributed by atoms with Crippen molar-refractivity contribution in [1.29, 1.82) is 0 Å². The maximum atomic E-state index is 11.9. The Labute approximate surface area is 96.6 Å². The lowest BCUT2D eigenvalue weighted by Gasteiger charge is -2.09. The van der Waals surface area contributed by atoms with Gasteiger partial charge in [-0.3, -0.25) is 0 Å². The number of nitrogens with two attached hydrogens (primary N) is 1. The van der Waals surface area contributed by atoms with Crippen LogP contribution >= 0.6 is 0 Å². The average molecular weight is 239 g/mol. The normalized spacial score (nSPS) is 22.0. The third kappa shape index (κ3) is 1.87. The summed E-state index contributed by atoms with van der Waals surface area (Å²) in [7, 11) is -3.03. The van der Waals surface area contributed by atoms with E-state index in [-0.39, 0.29) is 11.7 Å². The summed E-state index contributed by atoms with van der Waals surface area (Å²) in [5, 5.41) is 0. The molecule has 1 aliphatic heterocycles. The number of benzene rings is 1. The molecule has 0 radical (unpaired) electrons. The van der Waals surface area contributed by atoms with Crippen LogP contribution in [-0.4, -0.2) is 20.7 Å². The summed E-state index contributed by atoms with van der Waals surface area (Å²) in [5.74, 6) is 0.371. The fourth-order valence-corrected chi connectivity index (χ4v) is 4.39. The van der Waals surface area contributed by atoms with Crippen LogP contribution in [0.3, 0.4) is 0 Å². The Bertz CT molecular complexity index is 494. The van der Waals surface area contributed by atoms with E-state index in [4.69, 9.17) is 5.73 Å². The van der Waals surface area contributed by atoms with E-state index in [1.807, 2.05) is 19.1 Å². The van der Waals surface area contributed by atoms with E-state index in [0.29, 0.717) is 11.4 Å². The van der Waals surface area contributed by atoms with E-state index in [9.17, 15) is 8.42 Å². The van der Waals surface area contributed by atoms with Crippen molar-refractivity contribution in [2.24, 2.45) is 5.73 Å². The molecule has 2 N–H and O–H groups in total. The van der Waals surface area contributed by atoms with Crippen LogP contribution in [0.2, 0.25) is 0 Å². The molecular formula is C12H17NO2S. The molecule has 4 heteroatoms. The van der Waals surface area contributed by atoms with Crippen molar-refractivity contribution in [3.05, 3.63) is 29.3 Å². The van der Waals surface area contributed by atoms with Gasteiger partial charge in [0.25, 0.3) is 0 Å². The highest BCUT2D eigenvalue weighted by molar-refractivity contribution is 7.91. The number of hydrogen-bond acceptors (Lipinski definition) is 3. The van der Waals surface area contributed by atoms with Crippen LogP contribution in [0.15, 0.2) is 23.1 Å². The number of rotatable bonds is 3. The molecule has 1 aliphatic rings. The van der Waals surface area contributed by atoms with E-state index in [1.54, 1.807) is 6.07 Å². The molecule has 1 atom stereocenters. The summed E-state index contributed by atoms with van der Waals surface area (Å²) in [6, 6.07) is 5.58. The van der Waals surface area contributed by atoms with Gasteiger partial charge in [-0.15, -0.1) is 0 Å². The first-order valence-corrected chi connectivity index (χ1v) is 7.26. The zero-order valence-electron chi connectivity index (χ0n) is 9.44. The van der Waals surface area contributed by atoms with Gasteiger partial charge in [-0.2, -0.15) is 0 Å². The quantitative estimate of drug-likeness (QED) is 0.869. The topological polar surface area (TPSA) is 60.2 Å². The smallest absolute Gasteiger partial charge is 0.179 e. The van der Waals surface area contributed by atoms with Crippen molar-refractivity contribution in [3.63, 3.8) is 0 Å². The molecule has 0 saturated carbocycles. The van der Waals surface area contributed by atoms with Crippen LogP contribution in [0.1, 0.15) is 30.4 Å². The van der Waals surface area contributed by atoms with Crippen molar-refractivity contribution in [3.8, 4) is 0 Å². The molecule has 0 spiro atoms. The molecule has 0 bridgehead atoms. The maximum Gasteiger partial charge on any atom is 0.179 e. The average Bonchev–Trinajstić information content (AvgIpc) is 2.47. The second-order valence-corrected chi connectivity index (χ2v) is 6.41. The van der Waals surface area contributed by atoms with Crippen LogP contribution in [-0.2, 0) is 16.3 Å². The van der Waals surface area contributed by atoms with E-state index in [1.165, 1.54) is 0 Å². The minimum Gasteiger partial charge on any atom is -0.330 e. The minimum atomic E-state index is -3.03. The zero-order chi connectivity index (χ0) is 11.8. The highest BCUT2D eigenvalue weighted by atomic mass is 32.2. The van der Waals surface area contributed by atoms with E-state index < -0.39 is 9.84 Å². The van der Waals surface area contributed by atoms with Crippen LogP contribution in [0, 0.1) is 0 Å². The summed E-state index contributed by atoms with van der Waals surface area (Å²) in [5.41, 5.74) is 7.66. The van der Waals surface area contributed by atoms with Gasteiger partial charge in [0.15, 0.2) is 9.84 Å². The Hall–Kier alpha value is -0.870. The standard InChI is InChI=1S/C12H17NO2S/c1-9-8-16(14,15)11-6-2-4-10(12(9)11)5-3-7-13/h2,4,6,9H,3,5,7-8,13H2,1H3. The predicted molar refractivity (Wildman–Crippen MR) is 64.3 cm³/mol. The molecule has 1 aromatic carbocycles. The number of aryl methyl sites for hydroxylation is 1. The summed E-state index contributed by atoms with van der Waals surface area (Å²) in [6.07, 6.45) is 1.78. The molecular weight excluding hydrogens is 222 g/mol. The van der Waals surface area contributed by atoms with Crippen molar-refractivity contribution >= 4 is 9.84 Å². The molecule has 0 aliphatic carbocycles. The largest absolute Gasteiger partial charge is 0.330 e. The maximum absolute atomic E-state index is 11.9. The van der Waals surface area contributed by atoms with E-state index >= 15 is 0 Å². The van der Waals surface area contributed by atoms with E-state index in [2.05, 4.69) is 0 Å². The second-order valence-electron chi connectivity index (χ2n) is 4.40. The SMILES string of the molecule is CC1CS(=O)(=O)c2cccc(CCCN)c21. The van der Waals surface area contributed by atoms with Crippen LogP contribution in [0.5, 0.6) is 0 Å². The predicted octanol–water partition coefficient (Wildman–Crippen LogP) is 1.47. The Kier molecular flexibility index (Phi) is 3.04. The van der Waals surface area contributed by atoms with Crippen molar-refractivity contribution in [2.75, 3.05) is 12.3 Å². The van der Waals surface area contributed by atoms with Crippen molar-refractivity contribution < 1.29 is 8.42 Å². The van der Waals surface area contributed by atoms with Crippen LogP contribution in [0.4, 0.5) is 0 Å². The summed E-state index contributed by atoms with van der Waals surface area (Å²) < 4.78 is 23.7. The van der Waals surface area contributed by atoms with Crippen LogP contribution < -0.4 is 5.73 Å². The fourth-order valence-electron chi connectivity index (χ4n) is 2.43. The fraction of sp³-hybridized carbons (Fsp3) is 0.500. The van der Waals surface area contributed by atoms with Gasteiger partial charge >= 0.3 is 0 Å². The van der Waals surface area contributed by atoms with Crippen molar-refractivity contribution in [2.45, 2.75) is 30.6 Å². The third-order valence-electron chi connectivity index (χ3n) is 3.10. The second kappa shape index (κ2) is 4.18. The van der Waals surface area contributed by atoms with Gasteiger partial charge < -0.3 is 5.73 Å². The van der Waals surface area contributed by atoms with Crippen LogP contribution in [0.25, 0.3) is 0 Å². The summed E-state index contributed by atoms with van der Waals surface area (Å²) >= 11 is 0. The molecule has 0 fully saturated rings. The molecule has 88 valence electrons. The lowest BCUT2D eigenvalue weighted by atomic mass is 9.95. The minimum absolute atomic E-state index is 0.119. The van der Waals surface area contributed by atoms with Gasteiger partial charge in [0, 0.05) is 0 Å². The highest BCUT2D eigenvalue weighted by Crippen LogP contribution is 2.37. The first-order valence-electron chi connectivity index (χ1n) is 5.61. The number of sulfone groups is 1. The Morgan fingerprint density at radius 1 is 1.44 bits per heavy atom. The Morgan fingerprint density at radius 2 is 2.19 bits per heavy atom. The van der Waals surface area contributed by atoms with Gasteiger partial charge in [-0.1, -0.05) is 19.1 Å². The Balaban J connectivity index is 2.48. The zero-order valence-corrected chi connectivity index (χ0v) is 10.3. The number of hydrogen-bond donors (Lipinski definition) is 1. The van der Waals surface area contributed by atoms with Gasteiger partial charge in [0.2, 0.25) is 0 Å². The van der Waals surface area contributed by atoms with Gasteiger partial charge in [-0.05, 0) is 42.5 Å². The molecule has 1 aromatic rings. The molecule has 3 nitrogen and oxygen atoms in total. The highest BCUT2D eigenvalue weighted by Gasteiger charge is 2.33. The first kappa shape index (κ1) is 11.6. The monoisotopic (exact) mass is 239 g/mol. The van der Waals surface area contributed by atoms with E-state index in [0.717, 1.165) is 24.0 Å². The summed E-state index contributed by atoms with van der Waals surface area (Å²) in [6.45, 7) is 2.63. The number of fused-ring (bicyclic) bond motifs is 1. The molecule has 2 rings (SSSR count). The first-order chi connectivity index (χ1) is 7.56. The van der Waals surface area contributed by atoms with Crippen molar-refractivity contribution in [1.82, 2.24) is 0 Å². The summed E-state index contributed by atoms with van der Waals surface area (Å²) in [4.78, 5) is 0.537. The third-order valence-corrected chi connectivity index (χ3v) is 5.07. The van der Waals surface area contributed by atoms with Gasteiger partial charge in [0.05, 0.1) is 10.6 Å². The molecule has 0 amide bonds. The lowest BCUT2D eigenvalue weighted by molar-refractivity contribution is 0.598.